The van der Waals surface area contributed by atoms with Crippen LogP contribution in [0.15, 0.2) is 146 Å². The first-order chi connectivity index (χ1) is 34.2. The zero-order valence-electron chi connectivity index (χ0n) is 44.8. The molecule has 0 spiro atoms. The predicted octanol–water partition coefficient (Wildman–Crippen LogP) is 19.2. The largest absolute Gasteiger partial charge is 0.394 e. The summed E-state index contributed by atoms with van der Waals surface area (Å²) in [7, 11) is 0. The Kier molecular flexibility index (Phi) is 55.4. The Hall–Kier alpha value is -3.73. The van der Waals surface area contributed by atoms with Gasteiger partial charge in [-0.3, -0.25) is 4.79 Å². The predicted molar refractivity (Wildman–Crippen MR) is 308 cm³/mol. The van der Waals surface area contributed by atoms with Gasteiger partial charge in [-0.05, 0) is 109 Å². The SMILES string of the molecule is CC/C=C\C/C=C\C/C=C\C/C=C\C/C=C\C/C=C\C/C=C\C/C=C\C/C=C\C/C=C\CCCCC(=O)NC(CO)C(O)/C=C/CC/C=C/CCCCCCCCCCCCCCCCCCCC. The van der Waals surface area contributed by atoms with Gasteiger partial charge in [0.15, 0.2) is 0 Å². The van der Waals surface area contributed by atoms with E-state index in [2.05, 4.69) is 153 Å². The molecular formula is C65H107NO3. The lowest BCUT2D eigenvalue weighted by Crippen LogP contribution is -2.45. The van der Waals surface area contributed by atoms with Gasteiger partial charge in [-0.1, -0.05) is 269 Å². The van der Waals surface area contributed by atoms with Crippen LogP contribution in [0.5, 0.6) is 0 Å². The van der Waals surface area contributed by atoms with Gasteiger partial charge in [0.1, 0.15) is 0 Å². The molecule has 0 rings (SSSR count). The molecule has 0 saturated carbocycles. The summed E-state index contributed by atoms with van der Waals surface area (Å²) in [5, 5.41) is 23.1. The molecule has 4 heteroatoms. The number of nitrogens with one attached hydrogen (secondary N) is 1. The fraction of sp³-hybridized carbons (Fsp3) is 0.615. The van der Waals surface area contributed by atoms with Crippen molar-refractivity contribution in [3.05, 3.63) is 146 Å². The second kappa shape index (κ2) is 58.6. The summed E-state index contributed by atoms with van der Waals surface area (Å²) in [6, 6.07) is -0.675. The van der Waals surface area contributed by atoms with E-state index in [0.29, 0.717) is 6.42 Å². The topological polar surface area (TPSA) is 69.6 Å². The van der Waals surface area contributed by atoms with E-state index in [1.807, 2.05) is 6.08 Å². The van der Waals surface area contributed by atoms with Crippen LogP contribution in [0.25, 0.3) is 0 Å². The molecule has 2 atom stereocenters. The number of rotatable bonds is 50. The van der Waals surface area contributed by atoms with Crippen LogP contribution in [-0.4, -0.2) is 34.9 Å². The first-order valence-electron chi connectivity index (χ1n) is 28.5. The summed E-state index contributed by atoms with van der Waals surface area (Å²) in [4.78, 5) is 12.5. The highest BCUT2D eigenvalue weighted by molar-refractivity contribution is 5.76. The van der Waals surface area contributed by atoms with E-state index < -0.39 is 12.1 Å². The van der Waals surface area contributed by atoms with E-state index in [1.165, 1.54) is 116 Å². The molecule has 1 amide bonds. The fourth-order valence-corrected chi connectivity index (χ4v) is 7.75. The molecule has 0 aliphatic rings. The van der Waals surface area contributed by atoms with Crippen molar-refractivity contribution in [2.24, 2.45) is 0 Å². The fourth-order valence-electron chi connectivity index (χ4n) is 7.75. The highest BCUT2D eigenvalue weighted by atomic mass is 16.3. The van der Waals surface area contributed by atoms with E-state index in [-0.39, 0.29) is 12.5 Å². The van der Waals surface area contributed by atoms with E-state index in [1.54, 1.807) is 6.08 Å². The highest BCUT2D eigenvalue weighted by Crippen LogP contribution is 2.15. The monoisotopic (exact) mass is 950 g/mol. The Morgan fingerprint density at radius 3 is 1.01 bits per heavy atom. The molecule has 4 nitrogen and oxygen atoms in total. The van der Waals surface area contributed by atoms with Gasteiger partial charge >= 0.3 is 0 Å². The molecule has 0 aromatic rings. The van der Waals surface area contributed by atoms with Gasteiger partial charge in [-0.15, -0.1) is 0 Å². The molecule has 0 aliphatic carbocycles. The molecule has 390 valence electrons. The van der Waals surface area contributed by atoms with Crippen LogP contribution in [0.2, 0.25) is 0 Å². The second-order valence-electron chi connectivity index (χ2n) is 18.6. The van der Waals surface area contributed by atoms with Crippen LogP contribution in [0, 0.1) is 0 Å². The lowest BCUT2D eigenvalue weighted by molar-refractivity contribution is -0.123. The zero-order valence-corrected chi connectivity index (χ0v) is 44.8. The maximum absolute atomic E-state index is 12.5. The molecule has 0 aromatic heterocycles. The van der Waals surface area contributed by atoms with E-state index >= 15 is 0 Å². The number of carbonyl (C=O) groups excluding carboxylic acids is 1. The number of unbranched alkanes of at least 4 members (excludes halogenated alkanes) is 21. The molecule has 3 N–H and O–H groups in total. The van der Waals surface area contributed by atoms with Crippen molar-refractivity contribution < 1.29 is 15.0 Å². The van der Waals surface area contributed by atoms with Crippen molar-refractivity contribution >= 4 is 5.91 Å². The standard InChI is InChI=1S/C65H107NO3/c1-3-5-7-9-11-13-15-17-19-21-23-25-27-29-30-31-32-33-34-35-36-37-39-41-43-45-47-49-51-53-55-57-59-61-65(69)66-63(62-67)64(68)60-58-56-54-52-50-48-46-44-42-40-38-28-26-24-22-20-18-16-14-12-10-8-6-4-2/h5,7,11,13,17,19,23,25,29-30,32-33,35-36,39,41,45,47,50-53,58,60,63-64,67-68H,3-4,6,8-10,12,14-16,18,20-22,24,26-28,31,34,37-38,40,42-44,46,48-49,54-57,59,61-62H2,1-2H3,(H,66,69)/b7-5-,13-11-,19-17-,25-23-,30-29-,33-32-,36-35-,41-39-,47-45-,52-50+,53-51-,60-58+. The van der Waals surface area contributed by atoms with Crippen molar-refractivity contribution in [3.8, 4) is 0 Å². The van der Waals surface area contributed by atoms with Crippen LogP contribution in [0.4, 0.5) is 0 Å². The zero-order chi connectivity index (χ0) is 49.9. The Morgan fingerprint density at radius 2 is 0.652 bits per heavy atom. The first-order valence-corrected chi connectivity index (χ1v) is 28.5. The number of hydrogen-bond donors (Lipinski definition) is 3. The summed E-state index contributed by atoms with van der Waals surface area (Å²) in [6.07, 6.45) is 92.9. The van der Waals surface area contributed by atoms with Crippen molar-refractivity contribution in [2.75, 3.05) is 6.61 Å². The number of amides is 1. The highest BCUT2D eigenvalue weighted by Gasteiger charge is 2.17. The van der Waals surface area contributed by atoms with Crippen molar-refractivity contribution in [3.63, 3.8) is 0 Å². The van der Waals surface area contributed by atoms with Crippen molar-refractivity contribution in [1.29, 1.82) is 0 Å². The van der Waals surface area contributed by atoms with Crippen molar-refractivity contribution in [1.82, 2.24) is 5.32 Å². The number of hydrogen-bond acceptors (Lipinski definition) is 3. The molecule has 0 heterocycles. The molecular weight excluding hydrogens is 843 g/mol. The summed E-state index contributed by atoms with van der Waals surface area (Å²) < 4.78 is 0. The van der Waals surface area contributed by atoms with Gasteiger partial charge in [-0.25, -0.2) is 0 Å². The van der Waals surface area contributed by atoms with E-state index in [0.717, 1.165) is 103 Å². The van der Waals surface area contributed by atoms with Crippen LogP contribution >= 0.6 is 0 Å². The van der Waals surface area contributed by atoms with Gasteiger partial charge in [0.2, 0.25) is 5.91 Å². The van der Waals surface area contributed by atoms with Gasteiger partial charge in [0, 0.05) is 6.42 Å². The Morgan fingerprint density at radius 1 is 0.362 bits per heavy atom. The second-order valence-corrected chi connectivity index (χ2v) is 18.6. The molecule has 0 aliphatic heterocycles. The number of allylic oxidation sites excluding steroid dienone is 23. The minimum absolute atomic E-state index is 0.121. The molecule has 2 unspecified atom stereocenters. The summed E-state index contributed by atoms with van der Waals surface area (Å²) >= 11 is 0. The van der Waals surface area contributed by atoms with Gasteiger partial charge < -0.3 is 15.5 Å². The van der Waals surface area contributed by atoms with Crippen LogP contribution in [0.1, 0.15) is 239 Å². The van der Waals surface area contributed by atoms with Gasteiger partial charge in [0.05, 0.1) is 18.8 Å². The quantitative estimate of drug-likeness (QED) is 0.0420. The van der Waals surface area contributed by atoms with E-state index in [4.69, 9.17) is 0 Å². The Bertz CT molecular complexity index is 1450. The third-order valence-corrected chi connectivity index (χ3v) is 12.1. The third kappa shape index (κ3) is 55.1. The molecule has 0 saturated heterocycles. The Balaban J connectivity index is 3.73. The molecule has 0 aromatic carbocycles. The summed E-state index contributed by atoms with van der Waals surface area (Å²) in [5.74, 6) is -0.121. The van der Waals surface area contributed by atoms with Gasteiger partial charge in [-0.2, -0.15) is 0 Å². The van der Waals surface area contributed by atoms with Gasteiger partial charge in [0.25, 0.3) is 0 Å². The summed E-state index contributed by atoms with van der Waals surface area (Å²) in [6.45, 7) is 4.17. The number of aliphatic hydroxyl groups excluding tert-OH is 2. The smallest absolute Gasteiger partial charge is 0.220 e. The Labute approximate surface area is 427 Å². The summed E-state index contributed by atoms with van der Waals surface area (Å²) in [5.41, 5.74) is 0. The third-order valence-electron chi connectivity index (χ3n) is 12.1. The normalized spacial score (nSPS) is 14.0. The molecule has 0 fully saturated rings. The average Bonchev–Trinajstić information content (AvgIpc) is 3.35. The minimum Gasteiger partial charge on any atom is -0.394 e. The molecule has 0 radical (unpaired) electrons. The van der Waals surface area contributed by atoms with Crippen LogP contribution in [0.3, 0.4) is 0 Å². The maximum Gasteiger partial charge on any atom is 0.220 e. The maximum atomic E-state index is 12.5. The molecule has 69 heavy (non-hydrogen) atoms. The molecule has 0 bridgehead atoms. The van der Waals surface area contributed by atoms with Crippen LogP contribution in [-0.2, 0) is 4.79 Å². The van der Waals surface area contributed by atoms with Crippen LogP contribution < -0.4 is 5.32 Å². The minimum atomic E-state index is -0.893. The lowest BCUT2D eigenvalue weighted by atomic mass is 10.0. The lowest BCUT2D eigenvalue weighted by Gasteiger charge is -2.19. The first kappa shape index (κ1) is 65.3. The van der Waals surface area contributed by atoms with Crippen molar-refractivity contribution in [2.45, 2.75) is 251 Å². The average molecular weight is 951 g/mol. The number of aliphatic hydroxyl groups is 2. The van der Waals surface area contributed by atoms with E-state index in [9.17, 15) is 15.0 Å². The number of carbonyl (C=O) groups is 1.